The van der Waals surface area contributed by atoms with E-state index in [1.54, 1.807) is 30.3 Å². The average molecular weight is 443 g/mol. The molecule has 1 aliphatic heterocycles. The summed E-state index contributed by atoms with van der Waals surface area (Å²) in [6, 6.07) is 13.7. The molecule has 0 saturated heterocycles. The van der Waals surface area contributed by atoms with E-state index in [1.165, 1.54) is 38.1 Å². The molecule has 1 aliphatic rings. The van der Waals surface area contributed by atoms with Crippen molar-refractivity contribution in [3.05, 3.63) is 76.8 Å². The number of hydrogen-bond donors (Lipinski definition) is 0. The lowest BCUT2D eigenvalue weighted by atomic mass is 10.2. The van der Waals surface area contributed by atoms with E-state index < -0.39 is 18.1 Å². The van der Waals surface area contributed by atoms with E-state index in [0.717, 1.165) is 5.01 Å². The zero-order valence-corrected chi connectivity index (χ0v) is 17.2. The monoisotopic (exact) mass is 442 g/mol. The Hall–Kier alpha value is -3.65. The molecule has 0 bridgehead atoms. The van der Waals surface area contributed by atoms with Gasteiger partial charge in [-0.1, -0.05) is 11.6 Å². The molecule has 0 aliphatic carbocycles. The van der Waals surface area contributed by atoms with Crippen LogP contribution in [-0.2, 0) is 14.3 Å². The van der Waals surface area contributed by atoms with Gasteiger partial charge in [0.15, 0.2) is 5.76 Å². The number of carbonyl (C=O) groups excluding carboxylic acids is 2. The van der Waals surface area contributed by atoms with Gasteiger partial charge in [-0.15, -0.1) is 5.10 Å². The molecule has 9 heteroatoms. The number of rotatable bonds is 4. The van der Waals surface area contributed by atoms with E-state index in [0.29, 0.717) is 27.7 Å². The van der Waals surface area contributed by atoms with Crippen molar-refractivity contribution in [2.24, 2.45) is 5.10 Å². The Morgan fingerprint density at radius 3 is 2.52 bits per heavy atom. The van der Waals surface area contributed by atoms with Crippen LogP contribution in [0.2, 0.25) is 5.02 Å². The number of halogens is 2. The summed E-state index contributed by atoms with van der Waals surface area (Å²) in [5.41, 5.74) is 0.968. The van der Waals surface area contributed by atoms with E-state index >= 15 is 0 Å². The third-order valence-corrected chi connectivity index (χ3v) is 4.63. The van der Waals surface area contributed by atoms with Crippen molar-refractivity contribution in [1.29, 1.82) is 0 Å². The van der Waals surface area contributed by atoms with Crippen LogP contribution in [0.25, 0.3) is 11.3 Å². The van der Waals surface area contributed by atoms with Crippen LogP contribution in [0.5, 0.6) is 5.75 Å². The maximum atomic E-state index is 13.2. The van der Waals surface area contributed by atoms with Crippen molar-refractivity contribution in [3.63, 3.8) is 0 Å². The number of furan rings is 1. The standard InChI is InChI=1S/C22H16ClFN2O5/c1-12(27)26-22(20-10-9-18(30-20)14-3-6-16(24)7-4-14)31-21(25-26)17-11-15(23)5-8-19(17)29-13(2)28/h3-11,22H,1-2H3. The van der Waals surface area contributed by atoms with Crippen molar-refractivity contribution in [3.8, 4) is 17.1 Å². The Morgan fingerprint density at radius 1 is 1.10 bits per heavy atom. The zero-order chi connectivity index (χ0) is 22.1. The topological polar surface area (TPSA) is 81.3 Å². The van der Waals surface area contributed by atoms with Crippen LogP contribution in [0.3, 0.4) is 0 Å². The molecule has 4 rings (SSSR count). The van der Waals surface area contributed by atoms with Crippen molar-refractivity contribution in [2.45, 2.75) is 20.1 Å². The highest BCUT2D eigenvalue weighted by Gasteiger charge is 2.36. The summed E-state index contributed by atoms with van der Waals surface area (Å²) in [5, 5.41) is 5.72. The lowest BCUT2D eigenvalue weighted by molar-refractivity contribution is -0.136. The molecule has 1 unspecified atom stereocenters. The number of nitrogens with zero attached hydrogens (tertiary/aromatic N) is 2. The molecule has 0 N–H and O–H groups in total. The van der Waals surface area contributed by atoms with Gasteiger partial charge in [0.05, 0.1) is 5.56 Å². The Balaban J connectivity index is 1.67. The molecule has 1 amide bonds. The van der Waals surface area contributed by atoms with Crippen LogP contribution in [0.4, 0.5) is 4.39 Å². The molecular weight excluding hydrogens is 427 g/mol. The van der Waals surface area contributed by atoms with Crippen molar-refractivity contribution < 1.29 is 27.9 Å². The van der Waals surface area contributed by atoms with Crippen LogP contribution >= 0.6 is 11.6 Å². The van der Waals surface area contributed by atoms with Crippen molar-refractivity contribution >= 4 is 29.4 Å². The predicted octanol–water partition coefficient (Wildman–Crippen LogP) is 4.90. The van der Waals surface area contributed by atoms with E-state index in [4.69, 9.17) is 25.5 Å². The molecule has 31 heavy (non-hydrogen) atoms. The fourth-order valence-corrected chi connectivity index (χ4v) is 3.20. The quantitative estimate of drug-likeness (QED) is 0.424. The molecular formula is C22H16ClFN2O5. The van der Waals surface area contributed by atoms with Crippen LogP contribution in [0.15, 0.2) is 64.1 Å². The van der Waals surface area contributed by atoms with Gasteiger partial charge in [-0.3, -0.25) is 9.59 Å². The third-order valence-electron chi connectivity index (χ3n) is 4.39. The van der Waals surface area contributed by atoms with Crippen molar-refractivity contribution in [2.75, 3.05) is 0 Å². The molecule has 2 heterocycles. The first kappa shape index (κ1) is 20.6. The summed E-state index contributed by atoms with van der Waals surface area (Å²) in [4.78, 5) is 23.6. The predicted molar refractivity (Wildman–Crippen MR) is 110 cm³/mol. The Morgan fingerprint density at radius 2 is 1.84 bits per heavy atom. The lowest BCUT2D eigenvalue weighted by Crippen LogP contribution is -2.24. The van der Waals surface area contributed by atoms with E-state index in [-0.39, 0.29) is 17.5 Å². The number of ether oxygens (including phenoxy) is 2. The van der Waals surface area contributed by atoms with Gasteiger partial charge in [-0.05, 0) is 54.6 Å². The third kappa shape index (κ3) is 4.29. The molecule has 0 spiro atoms. The molecule has 7 nitrogen and oxygen atoms in total. The fraction of sp³-hybridized carbons (Fsp3) is 0.136. The number of benzene rings is 2. The second kappa shape index (κ2) is 8.23. The fourth-order valence-electron chi connectivity index (χ4n) is 3.03. The van der Waals surface area contributed by atoms with Crippen LogP contribution in [0, 0.1) is 5.82 Å². The molecule has 1 atom stereocenters. The molecule has 158 valence electrons. The Bertz CT molecular complexity index is 1190. The number of amides is 1. The second-order valence-corrected chi connectivity index (χ2v) is 7.12. The molecule has 3 aromatic rings. The minimum absolute atomic E-state index is 0.0404. The van der Waals surface area contributed by atoms with Crippen LogP contribution in [0.1, 0.15) is 31.4 Å². The summed E-state index contributed by atoms with van der Waals surface area (Å²) in [7, 11) is 0. The highest BCUT2D eigenvalue weighted by Crippen LogP contribution is 2.36. The van der Waals surface area contributed by atoms with Crippen LogP contribution < -0.4 is 4.74 Å². The second-order valence-electron chi connectivity index (χ2n) is 6.68. The maximum absolute atomic E-state index is 13.2. The largest absolute Gasteiger partial charge is 0.455 e. The summed E-state index contributed by atoms with van der Waals surface area (Å²) in [6.07, 6.45) is -0.981. The lowest BCUT2D eigenvalue weighted by Gasteiger charge is -2.16. The van der Waals surface area contributed by atoms with Gasteiger partial charge in [0.1, 0.15) is 17.3 Å². The molecule has 0 fully saturated rings. The van der Waals surface area contributed by atoms with Gasteiger partial charge in [0, 0.05) is 24.4 Å². The molecule has 1 aromatic heterocycles. The van der Waals surface area contributed by atoms with Gasteiger partial charge in [-0.2, -0.15) is 5.01 Å². The molecule has 0 saturated carbocycles. The summed E-state index contributed by atoms with van der Waals surface area (Å²) >= 11 is 6.09. The summed E-state index contributed by atoms with van der Waals surface area (Å²) < 4.78 is 30.1. The SMILES string of the molecule is CC(=O)Oc1ccc(Cl)cc1C1=NN(C(C)=O)C(c2ccc(-c3ccc(F)cc3)o2)O1. The van der Waals surface area contributed by atoms with E-state index in [1.807, 2.05) is 0 Å². The number of hydrogen-bond acceptors (Lipinski definition) is 6. The first-order valence-electron chi connectivity index (χ1n) is 9.21. The molecule has 2 aromatic carbocycles. The zero-order valence-electron chi connectivity index (χ0n) is 16.5. The number of esters is 1. The van der Waals surface area contributed by atoms with Crippen LogP contribution in [-0.4, -0.2) is 22.8 Å². The van der Waals surface area contributed by atoms with Gasteiger partial charge in [0.2, 0.25) is 11.8 Å². The normalized spacial score (nSPS) is 15.4. The van der Waals surface area contributed by atoms with Gasteiger partial charge >= 0.3 is 5.97 Å². The summed E-state index contributed by atoms with van der Waals surface area (Å²) in [6.45, 7) is 2.60. The summed E-state index contributed by atoms with van der Waals surface area (Å²) in [5.74, 6) is -0.276. The average Bonchev–Trinajstić information content (AvgIpc) is 3.37. The highest BCUT2D eigenvalue weighted by atomic mass is 35.5. The highest BCUT2D eigenvalue weighted by molar-refractivity contribution is 6.31. The maximum Gasteiger partial charge on any atom is 0.308 e. The first-order chi connectivity index (χ1) is 14.8. The Kier molecular flexibility index (Phi) is 5.48. The van der Waals surface area contributed by atoms with Gasteiger partial charge < -0.3 is 13.9 Å². The van der Waals surface area contributed by atoms with Gasteiger partial charge in [-0.25, -0.2) is 4.39 Å². The smallest absolute Gasteiger partial charge is 0.308 e. The minimum atomic E-state index is -0.981. The van der Waals surface area contributed by atoms with Gasteiger partial charge in [0.25, 0.3) is 6.23 Å². The Labute approximate surface area is 181 Å². The minimum Gasteiger partial charge on any atom is -0.455 e. The van der Waals surface area contributed by atoms with Crippen molar-refractivity contribution in [1.82, 2.24) is 5.01 Å². The van der Waals surface area contributed by atoms with E-state index in [9.17, 15) is 14.0 Å². The number of carbonyl (C=O) groups is 2. The first-order valence-corrected chi connectivity index (χ1v) is 9.58. The number of hydrazone groups is 1. The van der Waals surface area contributed by atoms with E-state index in [2.05, 4.69) is 5.10 Å². The molecule has 0 radical (unpaired) electrons.